The Morgan fingerprint density at radius 1 is 1.16 bits per heavy atom. The second-order valence-corrected chi connectivity index (χ2v) is 6.67. The fourth-order valence-electron chi connectivity index (χ4n) is 3.17. The Kier molecular flexibility index (Phi) is 5.39. The van der Waals surface area contributed by atoms with Gasteiger partial charge in [0, 0.05) is 24.5 Å². The molecule has 2 amide bonds. The van der Waals surface area contributed by atoms with E-state index in [4.69, 9.17) is 11.6 Å². The van der Waals surface area contributed by atoms with Crippen LogP contribution in [0.5, 0.6) is 0 Å². The molecular formula is C20H21ClN2O2. The van der Waals surface area contributed by atoms with E-state index in [-0.39, 0.29) is 30.2 Å². The summed E-state index contributed by atoms with van der Waals surface area (Å²) in [6.07, 6.45) is 0.280. The van der Waals surface area contributed by atoms with Crippen LogP contribution in [0.15, 0.2) is 54.6 Å². The van der Waals surface area contributed by atoms with Gasteiger partial charge in [0.2, 0.25) is 11.8 Å². The number of carbonyl (C=O) groups excluding carboxylic acids is 2. The van der Waals surface area contributed by atoms with Gasteiger partial charge in [0.25, 0.3) is 0 Å². The van der Waals surface area contributed by atoms with E-state index in [2.05, 4.69) is 5.32 Å². The van der Waals surface area contributed by atoms with E-state index in [0.29, 0.717) is 18.1 Å². The van der Waals surface area contributed by atoms with E-state index in [0.717, 1.165) is 11.1 Å². The summed E-state index contributed by atoms with van der Waals surface area (Å²) in [5.74, 6) is -0.343. The molecule has 1 aliphatic rings. The molecule has 0 aromatic heterocycles. The first-order valence-electron chi connectivity index (χ1n) is 8.47. The summed E-state index contributed by atoms with van der Waals surface area (Å²) in [6.45, 7) is 3.06. The van der Waals surface area contributed by atoms with Crippen LogP contribution in [-0.2, 0) is 9.59 Å². The van der Waals surface area contributed by atoms with Crippen molar-refractivity contribution in [3.63, 3.8) is 0 Å². The Bertz CT molecular complexity index is 746. The highest BCUT2D eigenvalue weighted by atomic mass is 35.5. The number of hydrogen-bond donors (Lipinski definition) is 1. The third kappa shape index (κ3) is 4.02. The third-order valence-corrected chi connectivity index (χ3v) is 4.84. The molecule has 1 N–H and O–H groups in total. The summed E-state index contributed by atoms with van der Waals surface area (Å²) in [5, 5.41) is 3.77. The molecule has 4 nitrogen and oxygen atoms in total. The molecule has 0 saturated carbocycles. The lowest BCUT2D eigenvalue weighted by molar-refractivity contribution is -0.129. The summed E-state index contributed by atoms with van der Waals surface area (Å²) >= 11 is 5.99. The molecule has 0 bridgehead atoms. The first kappa shape index (κ1) is 17.5. The van der Waals surface area contributed by atoms with Crippen LogP contribution in [0.1, 0.15) is 30.5 Å². The van der Waals surface area contributed by atoms with Gasteiger partial charge in [-0.05, 0) is 30.2 Å². The maximum atomic E-state index is 12.8. The number of rotatable bonds is 5. The van der Waals surface area contributed by atoms with Crippen molar-refractivity contribution in [3.8, 4) is 0 Å². The summed E-state index contributed by atoms with van der Waals surface area (Å²) in [7, 11) is 0. The molecule has 1 aliphatic heterocycles. The summed E-state index contributed by atoms with van der Waals surface area (Å²) < 4.78 is 0. The normalized spacial score (nSPS) is 18.2. The van der Waals surface area contributed by atoms with Gasteiger partial charge in [-0.3, -0.25) is 9.59 Å². The minimum atomic E-state index is -0.300. The zero-order valence-corrected chi connectivity index (χ0v) is 14.9. The minimum absolute atomic E-state index is 0.0467. The number of nitrogens with one attached hydrogen (secondary N) is 1. The van der Waals surface area contributed by atoms with Gasteiger partial charge < -0.3 is 10.2 Å². The summed E-state index contributed by atoms with van der Waals surface area (Å²) in [4.78, 5) is 26.4. The quantitative estimate of drug-likeness (QED) is 0.892. The van der Waals surface area contributed by atoms with Crippen molar-refractivity contribution in [2.24, 2.45) is 5.92 Å². The Labute approximate surface area is 152 Å². The first-order valence-corrected chi connectivity index (χ1v) is 8.85. The molecule has 2 aromatic rings. The van der Waals surface area contributed by atoms with Crippen molar-refractivity contribution in [1.82, 2.24) is 10.2 Å². The van der Waals surface area contributed by atoms with Crippen LogP contribution in [0.2, 0.25) is 5.02 Å². The van der Waals surface area contributed by atoms with Crippen molar-refractivity contribution in [3.05, 3.63) is 70.7 Å². The predicted octanol–water partition coefficient (Wildman–Crippen LogP) is 3.41. The van der Waals surface area contributed by atoms with Gasteiger partial charge in [0.1, 0.15) is 0 Å². The number of halogens is 1. The maximum absolute atomic E-state index is 12.8. The topological polar surface area (TPSA) is 49.4 Å². The summed E-state index contributed by atoms with van der Waals surface area (Å²) in [5.41, 5.74) is 1.95. The zero-order valence-electron chi connectivity index (χ0n) is 14.1. The number of benzene rings is 2. The predicted molar refractivity (Wildman–Crippen MR) is 98.2 cm³/mol. The van der Waals surface area contributed by atoms with Gasteiger partial charge in [-0.1, -0.05) is 54.1 Å². The number of likely N-dealkylation sites (tertiary alicyclic amines) is 1. The molecule has 2 aromatic carbocycles. The van der Waals surface area contributed by atoms with Crippen LogP contribution in [0.4, 0.5) is 0 Å². The molecular weight excluding hydrogens is 336 g/mol. The van der Waals surface area contributed by atoms with E-state index in [1.165, 1.54) is 0 Å². The smallest absolute Gasteiger partial charge is 0.226 e. The highest BCUT2D eigenvalue weighted by Gasteiger charge is 2.34. The van der Waals surface area contributed by atoms with Crippen LogP contribution in [0.3, 0.4) is 0 Å². The number of hydrogen-bond acceptors (Lipinski definition) is 2. The molecule has 2 unspecified atom stereocenters. The van der Waals surface area contributed by atoms with Gasteiger partial charge in [-0.2, -0.15) is 0 Å². The number of amides is 2. The van der Waals surface area contributed by atoms with Crippen LogP contribution < -0.4 is 5.32 Å². The monoisotopic (exact) mass is 356 g/mol. The van der Waals surface area contributed by atoms with E-state index in [9.17, 15) is 9.59 Å². The third-order valence-electron chi connectivity index (χ3n) is 4.59. The lowest BCUT2D eigenvalue weighted by Gasteiger charge is -2.22. The van der Waals surface area contributed by atoms with Gasteiger partial charge in [-0.25, -0.2) is 0 Å². The van der Waals surface area contributed by atoms with Crippen molar-refractivity contribution < 1.29 is 9.59 Å². The van der Waals surface area contributed by atoms with Crippen LogP contribution >= 0.6 is 11.6 Å². The zero-order chi connectivity index (χ0) is 17.8. The number of nitrogens with zero attached hydrogens (tertiary/aromatic N) is 1. The van der Waals surface area contributed by atoms with E-state index < -0.39 is 0 Å². The SMILES string of the molecule is CCN1CC(C(=O)NC(c2ccccc2)c2ccc(Cl)cc2)CC1=O. The van der Waals surface area contributed by atoms with Crippen LogP contribution in [0.25, 0.3) is 0 Å². The number of carbonyl (C=O) groups is 2. The lowest BCUT2D eigenvalue weighted by atomic mass is 9.97. The Morgan fingerprint density at radius 3 is 2.40 bits per heavy atom. The first-order chi connectivity index (χ1) is 12.1. The second-order valence-electron chi connectivity index (χ2n) is 6.24. The molecule has 130 valence electrons. The Balaban J connectivity index is 1.82. The van der Waals surface area contributed by atoms with E-state index in [1.54, 1.807) is 4.90 Å². The highest BCUT2D eigenvalue weighted by Crippen LogP contribution is 2.25. The fraction of sp³-hybridized carbons (Fsp3) is 0.300. The lowest BCUT2D eigenvalue weighted by Crippen LogP contribution is -2.36. The molecule has 5 heteroatoms. The molecule has 25 heavy (non-hydrogen) atoms. The molecule has 1 saturated heterocycles. The minimum Gasteiger partial charge on any atom is -0.345 e. The van der Waals surface area contributed by atoms with Crippen molar-refractivity contribution in [1.29, 1.82) is 0 Å². The fourth-order valence-corrected chi connectivity index (χ4v) is 3.30. The molecule has 3 rings (SSSR count). The average molecular weight is 357 g/mol. The molecule has 1 fully saturated rings. The Hall–Kier alpha value is -2.33. The Morgan fingerprint density at radius 2 is 1.80 bits per heavy atom. The summed E-state index contributed by atoms with van der Waals surface area (Å²) in [6, 6.07) is 17.0. The van der Waals surface area contributed by atoms with Crippen LogP contribution in [0, 0.1) is 5.92 Å². The largest absolute Gasteiger partial charge is 0.345 e. The van der Waals surface area contributed by atoms with Crippen LogP contribution in [-0.4, -0.2) is 29.8 Å². The van der Waals surface area contributed by atoms with Crippen molar-refractivity contribution in [2.75, 3.05) is 13.1 Å². The van der Waals surface area contributed by atoms with E-state index in [1.807, 2.05) is 61.5 Å². The van der Waals surface area contributed by atoms with Gasteiger partial charge in [0.15, 0.2) is 0 Å². The molecule has 0 spiro atoms. The molecule has 0 aliphatic carbocycles. The van der Waals surface area contributed by atoms with Gasteiger partial charge in [0.05, 0.1) is 12.0 Å². The average Bonchev–Trinajstić information content (AvgIpc) is 3.02. The molecule has 2 atom stereocenters. The van der Waals surface area contributed by atoms with Crippen molar-refractivity contribution >= 4 is 23.4 Å². The molecule has 1 heterocycles. The second kappa shape index (κ2) is 7.70. The maximum Gasteiger partial charge on any atom is 0.226 e. The standard InChI is InChI=1S/C20H21ClN2O2/c1-2-23-13-16(12-18(23)24)20(25)22-19(14-6-4-3-5-7-14)15-8-10-17(21)11-9-15/h3-11,16,19H,2,12-13H2,1H3,(H,22,25). The van der Waals surface area contributed by atoms with Gasteiger partial charge >= 0.3 is 0 Å². The van der Waals surface area contributed by atoms with Gasteiger partial charge in [-0.15, -0.1) is 0 Å². The molecule has 0 radical (unpaired) electrons. The van der Waals surface area contributed by atoms with E-state index >= 15 is 0 Å². The highest BCUT2D eigenvalue weighted by molar-refractivity contribution is 6.30. The van der Waals surface area contributed by atoms with Crippen molar-refractivity contribution in [2.45, 2.75) is 19.4 Å².